The van der Waals surface area contributed by atoms with E-state index in [1.54, 1.807) is 0 Å². The summed E-state index contributed by atoms with van der Waals surface area (Å²) < 4.78 is 0. The van der Waals surface area contributed by atoms with Gasteiger partial charge in [-0.15, -0.1) is 0 Å². The number of nitrogens with one attached hydrogen (secondary N) is 3. The molecule has 1 aromatic carbocycles. The number of carbonyl (C=O) groups is 1. The van der Waals surface area contributed by atoms with Crippen molar-refractivity contribution in [1.82, 2.24) is 10.6 Å². The largest absolute Gasteiger partial charge is 0.326 e. The number of benzene rings is 1. The van der Waals surface area contributed by atoms with Crippen LogP contribution < -0.4 is 16.0 Å². The van der Waals surface area contributed by atoms with Crippen molar-refractivity contribution in [1.29, 1.82) is 0 Å². The molecule has 1 aliphatic heterocycles. The van der Waals surface area contributed by atoms with Gasteiger partial charge in [0.05, 0.1) is 5.92 Å². The molecule has 1 aliphatic rings. The standard InChI is InChI=1S/C15H23N3O/c1-2-16-10-12-5-3-7-14(9-12)18-15(19)13-6-4-8-17-11-13/h3,5,7,9,13,16-17H,2,4,6,8,10-11H2,1H3,(H,18,19). The first-order valence-electron chi connectivity index (χ1n) is 7.11. The second-order valence-corrected chi connectivity index (χ2v) is 5.01. The summed E-state index contributed by atoms with van der Waals surface area (Å²) >= 11 is 0. The maximum absolute atomic E-state index is 12.1. The van der Waals surface area contributed by atoms with E-state index < -0.39 is 0 Å². The number of carbonyl (C=O) groups excluding carboxylic acids is 1. The Labute approximate surface area is 115 Å². The summed E-state index contributed by atoms with van der Waals surface area (Å²) in [5.41, 5.74) is 2.09. The minimum absolute atomic E-state index is 0.103. The zero-order valence-corrected chi connectivity index (χ0v) is 11.5. The van der Waals surface area contributed by atoms with E-state index in [2.05, 4.69) is 28.9 Å². The molecule has 1 heterocycles. The fourth-order valence-electron chi connectivity index (χ4n) is 2.35. The van der Waals surface area contributed by atoms with Crippen LogP contribution in [-0.4, -0.2) is 25.5 Å². The van der Waals surface area contributed by atoms with Gasteiger partial charge in [0, 0.05) is 18.8 Å². The SMILES string of the molecule is CCNCc1cccc(NC(=O)C2CCCNC2)c1. The minimum atomic E-state index is 0.103. The highest BCUT2D eigenvalue weighted by Crippen LogP contribution is 2.15. The number of hydrogen-bond donors (Lipinski definition) is 3. The average molecular weight is 261 g/mol. The van der Waals surface area contributed by atoms with Gasteiger partial charge in [-0.1, -0.05) is 19.1 Å². The average Bonchev–Trinajstić information content (AvgIpc) is 2.46. The molecule has 0 aliphatic carbocycles. The smallest absolute Gasteiger partial charge is 0.228 e. The molecule has 1 fully saturated rings. The molecule has 1 amide bonds. The van der Waals surface area contributed by atoms with E-state index in [1.165, 1.54) is 5.56 Å². The van der Waals surface area contributed by atoms with E-state index in [4.69, 9.17) is 0 Å². The molecule has 1 aromatic rings. The first kappa shape index (κ1) is 14.0. The van der Waals surface area contributed by atoms with Gasteiger partial charge >= 0.3 is 0 Å². The topological polar surface area (TPSA) is 53.2 Å². The van der Waals surface area contributed by atoms with Crippen molar-refractivity contribution in [3.63, 3.8) is 0 Å². The van der Waals surface area contributed by atoms with Crippen molar-refractivity contribution in [2.75, 3.05) is 25.0 Å². The highest BCUT2D eigenvalue weighted by Gasteiger charge is 2.20. The fourth-order valence-corrected chi connectivity index (χ4v) is 2.35. The van der Waals surface area contributed by atoms with E-state index in [0.29, 0.717) is 0 Å². The van der Waals surface area contributed by atoms with E-state index in [-0.39, 0.29) is 11.8 Å². The Bertz CT molecular complexity index is 414. The predicted octanol–water partition coefficient (Wildman–Crippen LogP) is 1.73. The minimum Gasteiger partial charge on any atom is -0.326 e. The number of rotatable bonds is 5. The van der Waals surface area contributed by atoms with Gasteiger partial charge < -0.3 is 16.0 Å². The third-order valence-electron chi connectivity index (χ3n) is 3.44. The molecule has 1 atom stereocenters. The van der Waals surface area contributed by atoms with E-state index in [0.717, 1.165) is 44.7 Å². The Morgan fingerprint density at radius 3 is 3.11 bits per heavy atom. The summed E-state index contributed by atoms with van der Waals surface area (Å²) in [6.07, 6.45) is 2.06. The third-order valence-corrected chi connectivity index (χ3v) is 3.44. The molecule has 1 saturated heterocycles. The molecule has 0 radical (unpaired) electrons. The summed E-state index contributed by atoms with van der Waals surface area (Å²) in [6, 6.07) is 8.04. The second kappa shape index (κ2) is 7.26. The zero-order chi connectivity index (χ0) is 13.5. The highest BCUT2D eigenvalue weighted by molar-refractivity contribution is 5.92. The molecule has 3 N–H and O–H groups in total. The Morgan fingerprint density at radius 1 is 1.47 bits per heavy atom. The summed E-state index contributed by atoms with van der Waals surface area (Å²) in [7, 11) is 0. The lowest BCUT2D eigenvalue weighted by Crippen LogP contribution is -2.37. The fraction of sp³-hybridized carbons (Fsp3) is 0.533. The van der Waals surface area contributed by atoms with Crippen LogP contribution in [0.15, 0.2) is 24.3 Å². The lowest BCUT2D eigenvalue weighted by atomic mass is 9.99. The van der Waals surface area contributed by atoms with Gasteiger partial charge in [0.1, 0.15) is 0 Å². The summed E-state index contributed by atoms with van der Waals surface area (Å²) in [6.45, 7) is 5.70. The molecule has 0 saturated carbocycles. The highest BCUT2D eigenvalue weighted by atomic mass is 16.1. The van der Waals surface area contributed by atoms with Crippen LogP contribution >= 0.6 is 0 Å². The number of anilines is 1. The van der Waals surface area contributed by atoms with E-state index in [9.17, 15) is 4.79 Å². The van der Waals surface area contributed by atoms with Gasteiger partial charge in [0.15, 0.2) is 0 Å². The molecule has 0 spiro atoms. The molecular weight excluding hydrogens is 238 g/mol. The molecule has 4 heteroatoms. The van der Waals surface area contributed by atoms with Crippen LogP contribution in [0.2, 0.25) is 0 Å². The second-order valence-electron chi connectivity index (χ2n) is 5.01. The number of piperidine rings is 1. The lowest BCUT2D eigenvalue weighted by Gasteiger charge is -2.22. The van der Waals surface area contributed by atoms with Crippen molar-refractivity contribution >= 4 is 11.6 Å². The number of hydrogen-bond acceptors (Lipinski definition) is 3. The van der Waals surface area contributed by atoms with Crippen molar-refractivity contribution in [2.45, 2.75) is 26.3 Å². The molecule has 2 rings (SSSR count). The molecule has 104 valence electrons. The Morgan fingerprint density at radius 2 is 2.37 bits per heavy atom. The third kappa shape index (κ3) is 4.33. The van der Waals surface area contributed by atoms with Crippen LogP contribution in [0.5, 0.6) is 0 Å². The van der Waals surface area contributed by atoms with Gasteiger partial charge in [-0.2, -0.15) is 0 Å². The first-order valence-corrected chi connectivity index (χ1v) is 7.11. The van der Waals surface area contributed by atoms with Crippen molar-refractivity contribution < 1.29 is 4.79 Å². The maximum atomic E-state index is 12.1. The van der Waals surface area contributed by atoms with E-state index in [1.807, 2.05) is 18.2 Å². The van der Waals surface area contributed by atoms with Crippen LogP contribution in [0.3, 0.4) is 0 Å². The molecule has 0 bridgehead atoms. The Kier molecular flexibility index (Phi) is 5.36. The summed E-state index contributed by atoms with van der Waals surface area (Å²) in [5, 5.41) is 9.58. The Hall–Kier alpha value is -1.39. The monoisotopic (exact) mass is 261 g/mol. The molecular formula is C15H23N3O. The summed E-state index contributed by atoms with van der Waals surface area (Å²) in [5.74, 6) is 0.235. The van der Waals surface area contributed by atoms with Gasteiger partial charge in [0.25, 0.3) is 0 Å². The van der Waals surface area contributed by atoms with Crippen molar-refractivity contribution in [3.05, 3.63) is 29.8 Å². The van der Waals surface area contributed by atoms with E-state index >= 15 is 0 Å². The first-order chi connectivity index (χ1) is 9.29. The van der Waals surface area contributed by atoms with Crippen molar-refractivity contribution in [2.24, 2.45) is 5.92 Å². The zero-order valence-electron chi connectivity index (χ0n) is 11.5. The van der Waals surface area contributed by atoms with Crippen molar-refractivity contribution in [3.8, 4) is 0 Å². The quantitative estimate of drug-likeness (QED) is 0.756. The van der Waals surface area contributed by atoms with Crippen LogP contribution in [-0.2, 0) is 11.3 Å². The molecule has 4 nitrogen and oxygen atoms in total. The number of amides is 1. The van der Waals surface area contributed by atoms with Crippen LogP contribution in [0.1, 0.15) is 25.3 Å². The lowest BCUT2D eigenvalue weighted by molar-refractivity contribution is -0.120. The maximum Gasteiger partial charge on any atom is 0.228 e. The Balaban J connectivity index is 1.92. The van der Waals surface area contributed by atoms with Gasteiger partial charge in [-0.25, -0.2) is 0 Å². The molecule has 0 aromatic heterocycles. The molecule has 1 unspecified atom stereocenters. The van der Waals surface area contributed by atoms with Gasteiger partial charge in [-0.3, -0.25) is 4.79 Å². The molecule has 19 heavy (non-hydrogen) atoms. The normalized spacial score (nSPS) is 19.1. The van der Waals surface area contributed by atoms with Gasteiger partial charge in [0.2, 0.25) is 5.91 Å². The summed E-state index contributed by atoms with van der Waals surface area (Å²) in [4.78, 5) is 12.1. The van der Waals surface area contributed by atoms with Crippen LogP contribution in [0, 0.1) is 5.92 Å². The van der Waals surface area contributed by atoms with Gasteiger partial charge in [-0.05, 0) is 43.6 Å². The predicted molar refractivity (Wildman–Crippen MR) is 78.0 cm³/mol. The van der Waals surface area contributed by atoms with Crippen LogP contribution in [0.4, 0.5) is 5.69 Å². The van der Waals surface area contributed by atoms with Crippen LogP contribution in [0.25, 0.3) is 0 Å².